The summed E-state index contributed by atoms with van der Waals surface area (Å²) in [4.78, 5) is 27.4. The topological polar surface area (TPSA) is 81.0 Å². The van der Waals surface area contributed by atoms with Crippen molar-refractivity contribution < 1.29 is 23.5 Å². The number of fused-ring (bicyclic) bond motifs is 1. The average molecular weight is 358 g/mol. The second-order valence-electron chi connectivity index (χ2n) is 6.58. The van der Waals surface area contributed by atoms with E-state index in [1.54, 1.807) is 11.0 Å². The van der Waals surface area contributed by atoms with Gasteiger partial charge in [-0.25, -0.2) is 0 Å². The van der Waals surface area contributed by atoms with Crippen LogP contribution in [0.15, 0.2) is 28.7 Å². The molecule has 0 unspecified atom stereocenters. The summed E-state index contributed by atoms with van der Waals surface area (Å²) in [5.74, 6) is -0.222. The van der Waals surface area contributed by atoms with Gasteiger partial charge in [-0.15, -0.1) is 0 Å². The molecule has 4 rings (SSSR count). The van der Waals surface area contributed by atoms with Gasteiger partial charge in [0.15, 0.2) is 0 Å². The molecule has 2 aliphatic heterocycles. The first-order chi connectivity index (χ1) is 12.7. The smallest absolute Gasteiger partial charge is 0.291 e. The Kier molecular flexibility index (Phi) is 4.90. The minimum Gasteiger partial charge on any atom is -0.449 e. The van der Waals surface area contributed by atoms with Crippen LogP contribution in [-0.2, 0) is 14.3 Å². The number of hydrogen-bond acceptors (Lipinski definition) is 5. The van der Waals surface area contributed by atoms with Crippen LogP contribution in [0.3, 0.4) is 0 Å². The van der Waals surface area contributed by atoms with E-state index in [9.17, 15) is 9.59 Å². The van der Waals surface area contributed by atoms with Gasteiger partial charge in [0.05, 0.1) is 13.2 Å². The van der Waals surface area contributed by atoms with Crippen LogP contribution in [0.1, 0.15) is 23.4 Å². The molecule has 1 aromatic carbocycles. The van der Waals surface area contributed by atoms with Gasteiger partial charge in [-0.3, -0.25) is 9.59 Å². The zero-order valence-corrected chi connectivity index (χ0v) is 14.5. The molecular weight excluding hydrogens is 336 g/mol. The second kappa shape index (κ2) is 7.47. The summed E-state index contributed by atoms with van der Waals surface area (Å²) in [6, 6.07) is 7.37. The molecule has 138 valence electrons. The minimum absolute atomic E-state index is 0.0871. The first kappa shape index (κ1) is 17.1. The third-order valence-corrected chi connectivity index (χ3v) is 4.93. The van der Waals surface area contributed by atoms with Gasteiger partial charge < -0.3 is 24.1 Å². The predicted molar refractivity (Wildman–Crippen MR) is 95.1 cm³/mol. The van der Waals surface area contributed by atoms with Crippen molar-refractivity contribution >= 4 is 28.5 Å². The Bertz CT molecular complexity index is 803. The lowest BCUT2D eigenvalue weighted by Gasteiger charge is -2.26. The molecule has 2 saturated heterocycles. The number of para-hydroxylation sites is 1. The maximum absolute atomic E-state index is 13.0. The number of amides is 2. The van der Waals surface area contributed by atoms with Gasteiger partial charge in [0.2, 0.25) is 11.7 Å². The summed E-state index contributed by atoms with van der Waals surface area (Å²) in [6.45, 7) is 3.23. The fourth-order valence-electron chi connectivity index (χ4n) is 3.42. The molecule has 0 bridgehead atoms. The lowest BCUT2D eigenvalue weighted by atomic mass is 9.99. The molecule has 2 aromatic rings. The second-order valence-corrected chi connectivity index (χ2v) is 6.58. The number of hydrogen-bond donors (Lipinski definition) is 1. The molecule has 0 aliphatic carbocycles. The van der Waals surface area contributed by atoms with Crippen molar-refractivity contribution in [2.75, 3.05) is 44.8 Å². The number of rotatable bonds is 3. The first-order valence-electron chi connectivity index (χ1n) is 9.01. The van der Waals surface area contributed by atoms with Crippen molar-refractivity contribution in [1.29, 1.82) is 0 Å². The fourth-order valence-corrected chi connectivity index (χ4v) is 3.42. The van der Waals surface area contributed by atoms with Gasteiger partial charge in [0.1, 0.15) is 11.3 Å². The Labute approximate surface area is 151 Å². The molecule has 26 heavy (non-hydrogen) atoms. The van der Waals surface area contributed by atoms with Crippen LogP contribution in [0.25, 0.3) is 11.0 Å². The van der Waals surface area contributed by atoms with E-state index >= 15 is 0 Å². The highest BCUT2D eigenvalue weighted by molar-refractivity contribution is 6.11. The third-order valence-electron chi connectivity index (χ3n) is 4.93. The molecule has 2 amide bonds. The van der Waals surface area contributed by atoms with E-state index in [0.29, 0.717) is 63.6 Å². The van der Waals surface area contributed by atoms with Crippen molar-refractivity contribution in [3.8, 4) is 0 Å². The van der Waals surface area contributed by atoms with Gasteiger partial charge in [-0.1, -0.05) is 12.1 Å². The zero-order chi connectivity index (χ0) is 17.9. The number of benzene rings is 1. The highest BCUT2D eigenvalue weighted by Gasteiger charge is 2.29. The van der Waals surface area contributed by atoms with Crippen molar-refractivity contribution in [2.24, 2.45) is 5.92 Å². The molecular formula is C19H22N2O5. The number of carbonyl (C=O) groups excluding carboxylic acids is 2. The molecule has 3 heterocycles. The van der Waals surface area contributed by atoms with E-state index in [2.05, 4.69) is 5.32 Å². The average Bonchev–Trinajstić information content (AvgIpc) is 3.07. The van der Waals surface area contributed by atoms with Crippen molar-refractivity contribution in [3.63, 3.8) is 0 Å². The Balaban J connectivity index is 1.65. The van der Waals surface area contributed by atoms with E-state index in [1.165, 1.54) is 0 Å². The highest BCUT2D eigenvalue weighted by Crippen LogP contribution is 2.33. The number of nitrogens with zero attached hydrogens (tertiary/aromatic N) is 1. The number of morpholine rings is 1. The molecule has 7 heteroatoms. The van der Waals surface area contributed by atoms with Crippen LogP contribution in [0.2, 0.25) is 0 Å². The lowest BCUT2D eigenvalue weighted by Crippen LogP contribution is -2.41. The minimum atomic E-state index is -0.216. The van der Waals surface area contributed by atoms with Crippen molar-refractivity contribution in [3.05, 3.63) is 30.0 Å². The largest absolute Gasteiger partial charge is 0.449 e. The van der Waals surface area contributed by atoms with Crippen molar-refractivity contribution in [1.82, 2.24) is 4.90 Å². The number of furan rings is 1. The third kappa shape index (κ3) is 3.32. The molecule has 2 aliphatic rings. The van der Waals surface area contributed by atoms with E-state index in [4.69, 9.17) is 13.9 Å². The Morgan fingerprint density at radius 1 is 1.00 bits per heavy atom. The fraction of sp³-hybridized carbons (Fsp3) is 0.474. The standard InChI is InChI=1S/C19H22N2O5/c22-18(13-5-9-24-10-6-13)20-16-14-3-1-2-4-15(14)26-17(16)19(23)21-7-11-25-12-8-21/h1-4,13H,5-12H2,(H,20,22). The van der Waals surface area contributed by atoms with Crippen LogP contribution < -0.4 is 5.32 Å². The molecule has 1 aromatic heterocycles. The van der Waals surface area contributed by atoms with Crippen molar-refractivity contribution in [2.45, 2.75) is 12.8 Å². The SMILES string of the molecule is O=C(Nc1c(C(=O)N2CCOCC2)oc2ccccc12)C1CCOCC1. The van der Waals surface area contributed by atoms with Gasteiger partial charge in [0, 0.05) is 37.6 Å². The van der Waals surface area contributed by atoms with E-state index in [0.717, 1.165) is 5.39 Å². The summed E-state index contributed by atoms with van der Waals surface area (Å²) in [7, 11) is 0. The van der Waals surface area contributed by atoms with Crippen LogP contribution >= 0.6 is 0 Å². The Hall–Kier alpha value is -2.38. The maximum atomic E-state index is 13.0. The molecule has 2 fully saturated rings. The molecule has 7 nitrogen and oxygen atoms in total. The zero-order valence-electron chi connectivity index (χ0n) is 14.5. The van der Waals surface area contributed by atoms with E-state index < -0.39 is 0 Å². The summed E-state index contributed by atoms with van der Waals surface area (Å²) < 4.78 is 16.5. The number of anilines is 1. The summed E-state index contributed by atoms with van der Waals surface area (Å²) in [5, 5.41) is 3.70. The van der Waals surface area contributed by atoms with E-state index in [-0.39, 0.29) is 23.5 Å². The van der Waals surface area contributed by atoms with Gasteiger partial charge in [0.25, 0.3) is 5.91 Å². The molecule has 0 spiro atoms. The van der Waals surface area contributed by atoms with Gasteiger partial charge >= 0.3 is 0 Å². The van der Waals surface area contributed by atoms with Gasteiger partial charge in [-0.2, -0.15) is 0 Å². The summed E-state index contributed by atoms with van der Waals surface area (Å²) >= 11 is 0. The first-order valence-corrected chi connectivity index (χ1v) is 9.01. The van der Waals surface area contributed by atoms with Crippen LogP contribution in [0.5, 0.6) is 0 Å². The summed E-state index contributed by atoms with van der Waals surface area (Å²) in [6.07, 6.45) is 1.38. The molecule has 0 radical (unpaired) electrons. The molecule has 1 N–H and O–H groups in total. The quantitative estimate of drug-likeness (QED) is 0.910. The highest BCUT2D eigenvalue weighted by atomic mass is 16.5. The van der Waals surface area contributed by atoms with Gasteiger partial charge in [-0.05, 0) is 25.0 Å². The Morgan fingerprint density at radius 2 is 1.69 bits per heavy atom. The maximum Gasteiger partial charge on any atom is 0.291 e. The number of nitrogens with one attached hydrogen (secondary N) is 1. The Morgan fingerprint density at radius 3 is 2.46 bits per heavy atom. The summed E-state index contributed by atoms with van der Waals surface area (Å²) in [5.41, 5.74) is 1.06. The van der Waals surface area contributed by atoms with Crippen LogP contribution in [0.4, 0.5) is 5.69 Å². The number of ether oxygens (including phenoxy) is 2. The van der Waals surface area contributed by atoms with E-state index in [1.807, 2.05) is 18.2 Å². The number of carbonyl (C=O) groups is 2. The molecule has 0 atom stereocenters. The van der Waals surface area contributed by atoms with Crippen LogP contribution in [0, 0.1) is 5.92 Å². The lowest BCUT2D eigenvalue weighted by molar-refractivity contribution is -0.122. The normalized spacial score (nSPS) is 18.8. The van der Waals surface area contributed by atoms with Crippen LogP contribution in [-0.4, -0.2) is 56.2 Å². The predicted octanol–water partition coefficient (Wildman–Crippen LogP) is 2.27. The molecule has 0 saturated carbocycles. The monoisotopic (exact) mass is 358 g/mol.